The molecule has 1 aliphatic heterocycles. The highest BCUT2D eigenvalue weighted by molar-refractivity contribution is 6.87. The molecule has 0 saturated heterocycles. The van der Waals surface area contributed by atoms with Gasteiger partial charge >= 0.3 is 0 Å². The summed E-state index contributed by atoms with van der Waals surface area (Å²) < 4.78 is 0. The van der Waals surface area contributed by atoms with E-state index in [-0.39, 0.29) is 17.8 Å². The number of hydrogen-bond acceptors (Lipinski definition) is 4. The van der Waals surface area contributed by atoms with E-state index in [1.165, 1.54) is 0 Å². The normalized spacial score (nSPS) is 30.6. The van der Waals surface area contributed by atoms with Gasteiger partial charge in [0, 0.05) is 11.1 Å². The van der Waals surface area contributed by atoms with Gasteiger partial charge in [-0.1, -0.05) is 36.5 Å². The van der Waals surface area contributed by atoms with Crippen molar-refractivity contribution in [3.63, 3.8) is 0 Å². The fourth-order valence-corrected chi connectivity index (χ4v) is 2.95. The summed E-state index contributed by atoms with van der Waals surface area (Å²) in [6, 6.07) is -0.228. The lowest BCUT2D eigenvalue weighted by atomic mass is 9.79. The maximum atomic E-state index is 12.2. The van der Waals surface area contributed by atoms with Gasteiger partial charge in [-0.15, -0.1) is 0 Å². The summed E-state index contributed by atoms with van der Waals surface area (Å²) in [6.45, 7) is 0. The highest BCUT2D eigenvalue weighted by Crippen LogP contribution is 2.30. The summed E-state index contributed by atoms with van der Waals surface area (Å²) in [7, 11) is 0. The highest BCUT2D eigenvalue weighted by atomic mass is 16.2. The summed E-state index contributed by atoms with van der Waals surface area (Å²) in [5.41, 5.74) is 2.14. The third-order valence-corrected chi connectivity index (χ3v) is 3.93. The van der Waals surface area contributed by atoms with E-state index in [1.54, 1.807) is 0 Å². The number of carbonyl (C=O) groups excluding carboxylic acids is 2. The van der Waals surface area contributed by atoms with Crippen molar-refractivity contribution in [2.45, 2.75) is 24.9 Å². The molecule has 0 amide bonds. The quantitative estimate of drug-likeness (QED) is 0.623. The molecule has 3 aliphatic carbocycles. The Morgan fingerprint density at radius 2 is 1.40 bits per heavy atom. The van der Waals surface area contributed by atoms with Crippen molar-refractivity contribution in [3.05, 3.63) is 47.6 Å². The first-order valence-electron chi connectivity index (χ1n) is 6.77. The maximum Gasteiger partial charge on any atom is 0.253 e. The number of nitrogens with zero attached hydrogens (tertiary/aromatic N) is 2. The second kappa shape index (κ2) is 4.07. The van der Waals surface area contributed by atoms with Crippen LogP contribution in [0.25, 0.3) is 0 Å². The molecular formula is C16H12N2O2. The topological polar surface area (TPSA) is 58.9 Å². The second-order valence-electron chi connectivity index (χ2n) is 5.18. The van der Waals surface area contributed by atoms with Crippen LogP contribution in [0.4, 0.5) is 0 Å². The van der Waals surface area contributed by atoms with Crippen LogP contribution in [0.15, 0.2) is 57.6 Å². The lowest BCUT2D eigenvalue weighted by molar-refractivity contribution is -0.130. The van der Waals surface area contributed by atoms with E-state index in [9.17, 15) is 9.59 Å². The minimum Gasteiger partial charge on any atom is -0.285 e. The van der Waals surface area contributed by atoms with Gasteiger partial charge in [-0.3, -0.25) is 19.6 Å². The van der Waals surface area contributed by atoms with E-state index >= 15 is 0 Å². The molecule has 4 heteroatoms. The third kappa shape index (κ3) is 1.48. The first-order chi connectivity index (χ1) is 9.75. The zero-order valence-electron chi connectivity index (χ0n) is 10.7. The van der Waals surface area contributed by atoms with Crippen molar-refractivity contribution in [3.8, 4) is 0 Å². The Balaban J connectivity index is 1.89. The van der Waals surface area contributed by atoms with Gasteiger partial charge in [0.2, 0.25) is 5.78 Å². The van der Waals surface area contributed by atoms with Crippen molar-refractivity contribution in [2.75, 3.05) is 0 Å². The smallest absolute Gasteiger partial charge is 0.253 e. The predicted molar refractivity (Wildman–Crippen MR) is 76.1 cm³/mol. The molecule has 0 N–H and O–H groups in total. The monoisotopic (exact) mass is 264 g/mol. The van der Waals surface area contributed by atoms with Gasteiger partial charge in [-0.2, -0.15) is 0 Å². The van der Waals surface area contributed by atoms with Crippen LogP contribution in [0.5, 0.6) is 0 Å². The van der Waals surface area contributed by atoms with Gasteiger partial charge in [0.15, 0.2) is 0 Å². The number of ketones is 2. The van der Waals surface area contributed by atoms with E-state index < -0.39 is 11.6 Å². The van der Waals surface area contributed by atoms with E-state index in [1.807, 2.05) is 36.5 Å². The molecule has 2 unspecified atom stereocenters. The molecule has 4 nitrogen and oxygen atoms in total. The van der Waals surface area contributed by atoms with Gasteiger partial charge < -0.3 is 0 Å². The lowest BCUT2D eigenvalue weighted by Crippen LogP contribution is -2.45. The van der Waals surface area contributed by atoms with Crippen molar-refractivity contribution in [2.24, 2.45) is 9.98 Å². The zero-order valence-corrected chi connectivity index (χ0v) is 10.7. The molecule has 98 valence electrons. The largest absolute Gasteiger partial charge is 0.285 e. The number of Topliss-reactive ketones (excluding diaryl/α,β-unsaturated/α-hetero) is 2. The van der Waals surface area contributed by atoms with E-state index in [0.29, 0.717) is 11.3 Å². The van der Waals surface area contributed by atoms with Gasteiger partial charge in [0.1, 0.15) is 5.71 Å². The Morgan fingerprint density at radius 1 is 0.800 bits per heavy atom. The van der Waals surface area contributed by atoms with Gasteiger partial charge in [-0.25, -0.2) is 0 Å². The van der Waals surface area contributed by atoms with Gasteiger partial charge in [0.25, 0.3) is 5.78 Å². The van der Waals surface area contributed by atoms with E-state index in [4.69, 9.17) is 0 Å². The van der Waals surface area contributed by atoms with E-state index in [0.717, 1.165) is 18.4 Å². The van der Waals surface area contributed by atoms with Crippen LogP contribution < -0.4 is 0 Å². The third-order valence-electron chi connectivity index (χ3n) is 3.93. The molecule has 4 rings (SSSR count). The average Bonchev–Trinajstić information content (AvgIpc) is 2.51. The minimum atomic E-state index is -0.518. The van der Waals surface area contributed by atoms with Crippen LogP contribution >= 0.6 is 0 Å². The molecule has 1 heterocycles. The molecule has 0 aromatic heterocycles. The summed E-state index contributed by atoms with van der Waals surface area (Å²) in [6.07, 6.45) is 13.2. The Morgan fingerprint density at radius 3 is 2.10 bits per heavy atom. The van der Waals surface area contributed by atoms with Crippen LogP contribution in [0.2, 0.25) is 0 Å². The van der Waals surface area contributed by atoms with Crippen LogP contribution in [-0.4, -0.2) is 35.1 Å². The SMILES string of the molecule is O=C1C(=O)C2=NC3C=CC=CC3N=C2C2=CCCC=C12. The average molecular weight is 264 g/mol. The van der Waals surface area contributed by atoms with Gasteiger partial charge in [-0.05, 0) is 12.8 Å². The highest BCUT2D eigenvalue weighted by Gasteiger charge is 2.41. The van der Waals surface area contributed by atoms with Crippen molar-refractivity contribution >= 4 is 23.0 Å². The Labute approximate surface area is 116 Å². The molecule has 20 heavy (non-hydrogen) atoms. The standard InChI is InChI=1S/C16H12N2O2/c19-15-10-6-2-1-5-9(10)13-14(16(15)20)18-12-8-4-3-7-11(12)17-13/h3-8,11-12H,1-2H2. The fourth-order valence-electron chi connectivity index (χ4n) is 2.95. The summed E-state index contributed by atoms with van der Waals surface area (Å²) in [5, 5.41) is 0. The maximum absolute atomic E-state index is 12.2. The molecule has 0 aromatic rings. The minimum absolute atomic E-state index is 0.0659. The van der Waals surface area contributed by atoms with Crippen LogP contribution in [-0.2, 0) is 9.59 Å². The molecule has 0 radical (unpaired) electrons. The fraction of sp³-hybridized carbons (Fsp3) is 0.250. The molecule has 0 spiro atoms. The molecule has 0 aromatic carbocycles. The van der Waals surface area contributed by atoms with Gasteiger partial charge in [0.05, 0.1) is 17.8 Å². The summed E-state index contributed by atoms with van der Waals surface area (Å²) in [4.78, 5) is 33.5. The predicted octanol–water partition coefficient (Wildman–Crippen LogP) is 1.54. The van der Waals surface area contributed by atoms with Crippen molar-refractivity contribution in [1.29, 1.82) is 0 Å². The second-order valence-corrected chi connectivity index (χ2v) is 5.18. The van der Waals surface area contributed by atoms with E-state index in [2.05, 4.69) is 9.98 Å². The molecule has 0 bridgehead atoms. The lowest BCUT2D eigenvalue weighted by Gasteiger charge is -2.30. The number of carbonyl (C=O) groups is 2. The Bertz CT molecular complexity index is 717. The Hall–Kier alpha value is -2.36. The number of hydrogen-bond donors (Lipinski definition) is 0. The first-order valence-corrected chi connectivity index (χ1v) is 6.77. The molecule has 1 fully saturated rings. The number of aliphatic imine (C=N–C) groups is 2. The summed E-state index contributed by atoms with van der Waals surface area (Å²) >= 11 is 0. The first kappa shape index (κ1) is 11.5. The summed E-state index contributed by atoms with van der Waals surface area (Å²) in [5.74, 6) is -0.960. The molecule has 4 aliphatic rings. The van der Waals surface area contributed by atoms with Crippen LogP contribution in [0.1, 0.15) is 12.8 Å². The molecule has 2 atom stereocenters. The molecular weight excluding hydrogens is 252 g/mol. The van der Waals surface area contributed by atoms with Crippen LogP contribution in [0, 0.1) is 0 Å². The van der Waals surface area contributed by atoms with Crippen molar-refractivity contribution < 1.29 is 9.59 Å². The van der Waals surface area contributed by atoms with Crippen LogP contribution in [0.3, 0.4) is 0 Å². The van der Waals surface area contributed by atoms with Crippen molar-refractivity contribution in [1.82, 2.24) is 0 Å². The molecule has 1 saturated carbocycles. The number of fused-ring (bicyclic) bond motifs is 4. The Kier molecular flexibility index (Phi) is 2.33. The zero-order chi connectivity index (χ0) is 13.7. The number of allylic oxidation sites excluding steroid dienone is 6. The number of rotatable bonds is 0.